The van der Waals surface area contributed by atoms with Gasteiger partial charge in [0.2, 0.25) is 0 Å². The van der Waals surface area contributed by atoms with Gasteiger partial charge in [0.05, 0.1) is 0 Å². The minimum Gasteiger partial charge on any atom is -0.335 e. The van der Waals surface area contributed by atoms with E-state index in [4.69, 9.17) is 17.3 Å². The van der Waals surface area contributed by atoms with E-state index in [1.165, 1.54) is 23.5 Å². The van der Waals surface area contributed by atoms with Crippen LogP contribution in [0.15, 0.2) is 23.6 Å². The highest BCUT2D eigenvalue weighted by Crippen LogP contribution is 2.20. The fraction of sp³-hybridized carbons (Fsp3) is 0.375. The van der Waals surface area contributed by atoms with Gasteiger partial charge in [-0.3, -0.25) is 9.69 Å². The number of hydrogen-bond acceptors (Lipinski definition) is 5. The number of aromatic nitrogens is 1. The summed E-state index contributed by atoms with van der Waals surface area (Å²) in [7, 11) is 0. The van der Waals surface area contributed by atoms with E-state index < -0.39 is 0 Å². The Bertz CT molecular complexity index is 731. The van der Waals surface area contributed by atoms with E-state index in [9.17, 15) is 9.18 Å². The molecule has 1 amide bonds. The molecule has 1 aliphatic rings. The largest absolute Gasteiger partial charge is 0.335 e. The maximum Gasteiger partial charge on any atom is 0.273 e. The summed E-state index contributed by atoms with van der Waals surface area (Å²) in [4.78, 5) is 20.7. The summed E-state index contributed by atoms with van der Waals surface area (Å²) in [5.74, 6) is -0.385. The monoisotopic (exact) mass is 368 g/mol. The molecule has 0 atom stereocenters. The fourth-order valence-electron chi connectivity index (χ4n) is 2.66. The third-order valence-corrected chi connectivity index (χ3v) is 5.24. The summed E-state index contributed by atoms with van der Waals surface area (Å²) in [6, 6.07) is 4.45. The molecular formula is C16H18ClFN4OS. The predicted molar refractivity (Wildman–Crippen MR) is 92.6 cm³/mol. The van der Waals surface area contributed by atoms with E-state index in [1.807, 2.05) is 0 Å². The Morgan fingerprint density at radius 2 is 2.08 bits per heavy atom. The molecule has 0 unspecified atom stereocenters. The molecule has 0 aliphatic carbocycles. The van der Waals surface area contributed by atoms with Gasteiger partial charge in [0.15, 0.2) is 0 Å². The minimum absolute atomic E-state index is 0.0505. The molecule has 24 heavy (non-hydrogen) atoms. The van der Waals surface area contributed by atoms with Crippen molar-refractivity contribution in [3.63, 3.8) is 0 Å². The van der Waals surface area contributed by atoms with E-state index >= 15 is 0 Å². The van der Waals surface area contributed by atoms with Crippen molar-refractivity contribution < 1.29 is 9.18 Å². The second-order valence-electron chi connectivity index (χ2n) is 5.63. The number of nitrogens with zero attached hydrogens (tertiary/aromatic N) is 3. The van der Waals surface area contributed by atoms with Gasteiger partial charge in [-0.25, -0.2) is 9.37 Å². The van der Waals surface area contributed by atoms with Crippen LogP contribution in [-0.4, -0.2) is 46.9 Å². The number of thiazole rings is 1. The van der Waals surface area contributed by atoms with Gasteiger partial charge in [0.25, 0.3) is 5.91 Å². The zero-order valence-corrected chi connectivity index (χ0v) is 14.6. The van der Waals surface area contributed by atoms with Gasteiger partial charge in [-0.2, -0.15) is 0 Å². The van der Waals surface area contributed by atoms with Crippen molar-refractivity contribution in [3.8, 4) is 0 Å². The highest BCUT2D eigenvalue weighted by Gasteiger charge is 2.24. The molecule has 0 saturated carbocycles. The van der Waals surface area contributed by atoms with Crippen molar-refractivity contribution in [1.29, 1.82) is 0 Å². The standard InChI is InChI=1S/C16H18ClFN4OS/c17-13-7-12(18)2-1-11(13)9-21-3-5-22(6-4-21)16(23)14-10-24-15(8-19)20-14/h1-2,7,10H,3-6,8-9,19H2. The zero-order chi connectivity index (χ0) is 17.1. The Morgan fingerprint density at radius 3 is 2.71 bits per heavy atom. The maximum atomic E-state index is 13.1. The smallest absolute Gasteiger partial charge is 0.273 e. The molecule has 8 heteroatoms. The highest BCUT2D eigenvalue weighted by molar-refractivity contribution is 7.09. The van der Waals surface area contributed by atoms with Gasteiger partial charge in [0.1, 0.15) is 16.5 Å². The molecule has 128 valence electrons. The third-order valence-electron chi connectivity index (χ3n) is 4.01. The van der Waals surface area contributed by atoms with Crippen LogP contribution in [0.25, 0.3) is 0 Å². The quantitative estimate of drug-likeness (QED) is 0.899. The van der Waals surface area contributed by atoms with Crippen LogP contribution in [0.5, 0.6) is 0 Å². The molecule has 0 bridgehead atoms. The molecule has 1 saturated heterocycles. The van der Waals surface area contributed by atoms with Gasteiger partial charge in [-0.05, 0) is 17.7 Å². The Morgan fingerprint density at radius 1 is 1.33 bits per heavy atom. The Hall–Kier alpha value is -1.54. The van der Waals surface area contributed by atoms with E-state index in [2.05, 4.69) is 9.88 Å². The van der Waals surface area contributed by atoms with Crippen molar-refractivity contribution in [2.45, 2.75) is 13.1 Å². The summed E-state index contributed by atoms with van der Waals surface area (Å²) in [6.45, 7) is 3.75. The van der Waals surface area contributed by atoms with E-state index in [0.29, 0.717) is 36.9 Å². The lowest BCUT2D eigenvalue weighted by molar-refractivity contribution is 0.0623. The van der Waals surface area contributed by atoms with Gasteiger partial charge >= 0.3 is 0 Å². The number of rotatable bonds is 4. The Kier molecular flexibility index (Phi) is 5.45. The molecule has 3 rings (SSSR count). The maximum absolute atomic E-state index is 13.1. The minimum atomic E-state index is -0.334. The highest BCUT2D eigenvalue weighted by atomic mass is 35.5. The first-order chi connectivity index (χ1) is 11.6. The van der Waals surface area contributed by atoms with Gasteiger partial charge in [0, 0.05) is 49.7 Å². The first kappa shape index (κ1) is 17.3. The predicted octanol–water partition coefficient (Wildman–Crippen LogP) is 2.35. The molecule has 5 nitrogen and oxygen atoms in total. The molecule has 0 radical (unpaired) electrons. The lowest BCUT2D eigenvalue weighted by Gasteiger charge is -2.34. The first-order valence-corrected chi connectivity index (χ1v) is 8.92. The molecule has 1 fully saturated rings. The molecule has 1 aliphatic heterocycles. The second-order valence-corrected chi connectivity index (χ2v) is 6.98. The SMILES string of the molecule is NCc1nc(C(=O)N2CCN(Cc3ccc(F)cc3Cl)CC2)cs1. The Labute approximate surface area is 148 Å². The molecule has 1 aromatic heterocycles. The molecule has 1 aromatic carbocycles. The fourth-order valence-corrected chi connectivity index (χ4v) is 3.54. The van der Waals surface area contributed by atoms with Gasteiger partial charge < -0.3 is 10.6 Å². The number of hydrogen-bond donors (Lipinski definition) is 1. The van der Waals surface area contributed by atoms with Crippen LogP contribution in [0.4, 0.5) is 4.39 Å². The van der Waals surface area contributed by atoms with E-state index in [1.54, 1.807) is 16.3 Å². The lowest BCUT2D eigenvalue weighted by Crippen LogP contribution is -2.48. The first-order valence-electron chi connectivity index (χ1n) is 7.67. The Balaban J connectivity index is 1.56. The van der Waals surface area contributed by atoms with Crippen molar-refractivity contribution in [2.24, 2.45) is 5.73 Å². The number of nitrogens with two attached hydrogens (primary N) is 1. The van der Waals surface area contributed by atoms with Crippen LogP contribution < -0.4 is 5.73 Å². The number of carbonyl (C=O) groups is 1. The van der Waals surface area contributed by atoms with Crippen LogP contribution in [0, 0.1) is 5.82 Å². The average Bonchev–Trinajstić information content (AvgIpc) is 3.06. The van der Waals surface area contributed by atoms with E-state index in [0.717, 1.165) is 23.7 Å². The summed E-state index contributed by atoms with van der Waals surface area (Å²) in [5, 5.41) is 2.96. The summed E-state index contributed by atoms with van der Waals surface area (Å²) in [5.41, 5.74) is 6.90. The number of carbonyl (C=O) groups excluding carboxylic acids is 1. The van der Waals surface area contributed by atoms with Crippen LogP contribution >= 0.6 is 22.9 Å². The summed E-state index contributed by atoms with van der Waals surface area (Å²) >= 11 is 7.48. The number of halogens is 2. The van der Waals surface area contributed by atoms with E-state index in [-0.39, 0.29) is 11.7 Å². The average molecular weight is 369 g/mol. The number of piperazine rings is 1. The number of amides is 1. The summed E-state index contributed by atoms with van der Waals surface area (Å²) in [6.07, 6.45) is 0. The van der Waals surface area contributed by atoms with Crippen LogP contribution in [0.3, 0.4) is 0 Å². The van der Waals surface area contributed by atoms with Gasteiger partial charge in [-0.1, -0.05) is 17.7 Å². The second kappa shape index (κ2) is 7.57. The normalized spacial score (nSPS) is 15.7. The van der Waals surface area contributed by atoms with Crippen LogP contribution in [0.1, 0.15) is 21.1 Å². The molecule has 2 aromatic rings. The lowest BCUT2D eigenvalue weighted by atomic mass is 10.2. The molecular weight excluding hydrogens is 351 g/mol. The number of benzene rings is 1. The van der Waals surface area contributed by atoms with Crippen LogP contribution in [-0.2, 0) is 13.1 Å². The topological polar surface area (TPSA) is 62.5 Å². The zero-order valence-electron chi connectivity index (χ0n) is 13.0. The van der Waals surface area contributed by atoms with Gasteiger partial charge in [-0.15, -0.1) is 11.3 Å². The van der Waals surface area contributed by atoms with Crippen LogP contribution in [0.2, 0.25) is 5.02 Å². The molecule has 2 heterocycles. The van der Waals surface area contributed by atoms with Crippen molar-refractivity contribution in [1.82, 2.24) is 14.8 Å². The van der Waals surface area contributed by atoms with Crippen molar-refractivity contribution in [2.75, 3.05) is 26.2 Å². The van der Waals surface area contributed by atoms with Crippen molar-refractivity contribution >= 4 is 28.8 Å². The van der Waals surface area contributed by atoms with Crippen molar-refractivity contribution in [3.05, 3.63) is 50.7 Å². The molecule has 0 spiro atoms. The summed E-state index contributed by atoms with van der Waals surface area (Å²) < 4.78 is 13.1. The third kappa shape index (κ3) is 3.92. The molecule has 2 N–H and O–H groups in total.